The Bertz CT molecular complexity index is 1570. The van der Waals surface area contributed by atoms with E-state index in [1.165, 1.54) is 6.21 Å². The normalized spacial score (nSPS) is 23.7. The second-order valence-electron chi connectivity index (χ2n) is 13.7. The van der Waals surface area contributed by atoms with Crippen LogP contribution in [0.1, 0.15) is 87.7 Å². The van der Waals surface area contributed by atoms with E-state index in [0.717, 1.165) is 49.6 Å². The van der Waals surface area contributed by atoms with Crippen LogP contribution < -0.4 is 5.32 Å². The lowest BCUT2D eigenvalue weighted by Gasteiger charge is -2.34. The summed E-state index contributed by atoms with van der Waals surface area (Å²) in [6.45, 7) is 9.87. The van der Waals surface area contributed by atoms with E-state index in [1.54, 1.807) is 12.0 Å². The van der Waals surface area contributed by atoms with E-state index in [1.807, 2.05) is 45.0 Å². The number of amides is 2. The van der Waals surface area contributed by atoms with Gasteiger partial charge in [-0.15, -0.1) is 0 Å². The van der Waals surface area contributed by atoms with Gasteiger partial charge in [-0.2, -0.15) is 0 Å². The molecule has 3 aliphatic heterocycles. The molecule has 1 unspecified atom stereocenters. The van der Waals surface area contributed by atoms with Crippen molar-refractivity contribution in [2.45, 2.75) is 91.1 Å². The van der Waals surface area contributed by atoms with Gasteiger partial charge in [-0.25, -0.2) is 18.8 Å². The molecule has 2 amide bonds. The standard InChI is InChI=1S/C37H49F2N5O4/c1-7-44-23-26-10-8-9-25(32(26)34(44)45)16-20-48-30-12-11-24(2)33(40-22-28(30)37(4,38)39)42-29-13-17-36(3,21-31(29)47-6)35(46)41-27-14-18-43(5)19-15-27/h8-10,21-22,27H,7,11-20,23H2,1-6H3,(H,41,46). The number of nitrogens with one attached hydrogen (secondary N) is 1. The molecule has 0 bridgehead atoms. The van der Waals surface area contributed by atoms with Gasteiger partial charge in [0.25, 0.3) is 11.8 Å². The van der Waals surface area contributed by atoms with Crippen molar-refractivity contribution in [2.75, 3.05) is 40.4 Å². The molecule has 1 atom stereocenters. The van der Waals surface area contributed by atoms with Crippen molar-refractivity contribution in [1.82, 2.24) is 15.1 Å². The van der Waals surface area contributed by atoms with Crippen molar-refractivity contribution in [3.63, 3.8) is 0 Å². The molecule has 9 nitrogen and oxygen atoms in total. The van der Waals surface area contributed by atoms with Gasteiger partial charge in [-0.05, 0) is 95.8 Å². The van der Waals surface area contributed by atoms with Crippen molar-refractivity contribution < 1.29 is 27.8 Å². The SMILES string of the molecule is CCN1Cc2cccc(CCOC3=C(C(C)(F)F)C=NC(N=C4CCC(C)(C(=O)NC5CCN(C)CC5)C=C4OC)=C(C)CC3)c2C1=O. The molecule has 5 rings (SSSR count). The number of halogens is 2. The highest BCUT2D eigenvalue weighted by Gasteiger charge is 2.38. The Morgan fingerprint density at radius 2 is 1.96 bits per heavy atom. The topological polar surface area (TPSA) is 95.8 Å². The zero-order chi connectivity index (χ0) is 34.6. The summed E-state index contributed by atoms with van der Waals surface area (Å²) in [7, 11) is 3.64. The van der Waals surface area contributed by atoms with Gasteiger partial charge in [0.15, 0.2) is 5.82 Å². The molecule has 11 heteroatoms. The Morgan fingerprint density at radius 1 is 1.21 bits per heavy atom. The summed E-state index contributed by atoms with van der Waals surface area (Å²) in [5.41, 5.74) is 2.96. The van der Waals surface area contributed by atoms with Crippen molar-refractivity contribution in [2.24, 2.45) is 15.4 Å². The second-order valence-corrected chi connectivity index (χ2v) is 13.7. The van der Waals surface area contributed by atoms with Crippen molar-refractivity contribution in [3.05, 3.63) is 69.5 Å². The van der Waals surface area contributed by atoms with Crippen LogP contribution in [0, 0.1) is 5.41 Å². The average molecular weight is 666 g/mol. The third-order valence-electron chi connectivity index (χ3n) is 9.98. The first-order chi connectivity index (χ1) is 22.8. The fourth-order valence-electron chi connectivity index (χ4n) is 6.77. The van der Waals surface area contributed by atoms with Crippen LogP contribution in [0.5, 0.6) is 0 Å². The number of alkyl halides is 2. The molecular formula is C37H49F2N5O4. The molecule has 0 radical (unpaired) electrons. The Kier molecular flexibility index (Phi) is 10.9. The van der Waals surface area contributed by atoms with E-state index in [9.17, 15) is 18.4 Å². The van der Waals surface area contributed by atoms with Crippen LogP contribution in [-0.4, -0.2) is 85.9 Å². The molecule has 1 N–H and O–H groups in total. The number of methoxy groups -OCH3 is 1. The molecule has 260 valence electrons. The number of carbonyl (C=O) groups is 2. The zero-order valence-corrected chi connectivity index (χ0v) is 29.1. The van der Waals surface area contributed by atoms with Crippen LogP contribution in [0.3, 0.4) is 0 Å². The Hall–Kier alpha value is -3.86. The summed E-state index contributed by atoms with van der Waals surface area (Å²) in [5, 5.41) is 3.23. The van der Waals surface area contributed by atoms with Gasteiger partial charge in [0.05, 0.1) is 30.4 Å². The Balaban J connectivity index is 1.31. The molecule has 1 aliphatic carbocycles. The third-order valence-corrected chi connectivity index (χ3v) is 9.98. The van der Waals surface area contributed by atoms with Crippen LogP contribution in [0.25, 0.3) is 0 Å². The monoisotopic (exact) mass is 665 g/mol. The predicted molar refractivity (Wildman–Crippen MR) is 183 cm³/mol. The highest BCUT2D eigenvalue weighted by atomic mass is 19.3. The number of piperidine rings is 1. The number of fused-ring (bicyclic) bond motifs is 1. The molecule has 0 spiro atoms. The van der Waals surface area contributed by atoms with Gasteiger partial charge in [0.1, 0.15) is 11.5 Å². The number of allylic oxidation sites excluding steroid dienone is 4. The molecule has 48 heavy (non-hydrogen) atoms. The van der Waals surface area contributed by atoms with E-state index in [0.29, 0.717) is 61.6 Å². The lowest BCUT2D eigenvalue weighted by Crippen LogP contribution is -2.48. The number of carbonyl (C=O) groups excluding carboxylic acids is 2. The second kappa shape index (κ2) is 14.7. The summed E-state index contributed by atoms with van der Waals surface area (Å²) in [5.74, 6) is -2.18. The van der Waals surface area contributed by atoms with Gasteiger partial charge in [0.2, 0.25) is 5.91 Å². The van der Waals surface area contributed by atoms with Gasteiger partial charge < -0.3 is 24.6 Å². The summed E-state index contributed by atoms with van der Waals surface area (Å²) in [6, 6.07) is 5.94. The highest BCUT2D eigenvalue weighted by molar-refractivity contribution is 6.02. The summed E-state index contributed by atoms with van der Waals surface area (Å²) >= 11 is 0. The van der Waals surface area contributed by atoms with E-state index in [-0.39, 0.29) is 42.2 Å². The number of ether oxygens (including phenoxy) is 2. The number of nitrogens with zero attached hydrogens (tertiary/aromatic N) is 4. The Labute approximate surface area is 282 Å². The number of benzene rings is 1. The molecule has 1 saturated heterocycles. The summed E-state index contributed by atoms with van der Waals surface area (Å²) in [6.07, 6.45) is 6.95. The zero-order valence-electron chi connectivity index (χ0n) is 29.1. The van der Waals surface area contributed by atoms with Gasteiger partial charge in [0, 0.05) is 50.7 Å². The van der Waals surface area contributed by atoms with Gasteiger partial charge in [-0.1, -0.05) is 18.2 Å². The summed E-state index contributed by atoms with van der Waals surface area (Å²) < 4.78 is 41.7. The van der Waals surface area contributed by atoms with Crippen LogP contribution in [0.2, 0.25) is 0 Å². The minimum absolute atomic E-state index is 0.000999. The van der Waals surface area contributed by atoms with Gasteiger partial charge in [-0.3, -0.25) is 9.59 Å². The predicted octanol–water partition coefficient (Wildman–Crippen LogP) is 6.21. The largest absolute Gasteiger partial charge is 0.497 e. The summed E-state index contributed by atoms with van der Waals surface area (Å²) in [4.78, 5) is 39.6. The quantitative estimate of drug-likeness (QED) is 0.321. The van der Waals surface area contributed by atoms with E-state index >= 15 is 0 Å². The average Bonchev–Trinajstić information content (AvgIpc) is 3.38. The highest BCUT2D eigenvalue weighted by Crippen LogP contribution is 2.36. The minimum Gasteiger partial charge on any atom is -0.497 e. The van der Waals surface area contributed by atoms with Crippen molar-refractivity contribution >= 4 is 23.7 Å². The first kappa shape index (κ1) is 35.4. The fraction of sp³-hybridized carbons (Fsp3) is 0.568. The number of rotatable bonds is 10. The van der Waals surface area contributed by atoms with Crippen molar-refractivity contribution in [3.8, 4) is 0 Å². The molecular weight excluding hydrogens is 616 g/mol. The number of hydrogen-bond donors (Lipinski definition) is 1. The number of hydrogen-bond acceptors (Lipinski definition) is 7. The van der Waals surface area contributed by atoms with E-state index < -0.39 is 11.3 Å². The molecule has 0 aromatic heterocycles. The fourth-order valence-corrected chi connectivity index (χ4v) is 6.77. The molecule has 1 aromatic rings. The van der Waals surface area contributed by atoms with Gasteiger partial charge >= 0.3 is 0 Å². The Morgan fingerprint density at radius 3 is 2.65 bits per heavy atom. The van der Waals surface area contributed by atoms with Crippen LogP contribution >= 0.6 is 0 Å². The maximum absolute atomic E-state index is 15.0. The lowest BCUT2D eigenvalue weighted by molar-refractivity contribution is -0.129. The van der Waals surface area contributed by atoms with Crippen LogP contribution in [-0.2, 0) is 27.2 Å². The van der Waals surface area contributed by atoms with Crippen molar-refractivity contribution in [1.29, 1.82) is 0 Å². The smallest absolute Gasteiger partial charge is 0.275 e. The number of likely N-dealkylation sites (tertiary alicyclic amines) is 1. The van der Waals surface area contributed by atoms with Crippen LogP contribution in [0.4, 0.5) is 8.78 Å². The molecule has 0 saturated carbocycles. The first-order valence-corrected chi connectivity index (χ1v) is 17.0. The maximum atomic E-state index is 15.0. The molecule has 4 aliphatic rings. The maximum Gasteiger partial charge on any atom is 0.275 e. The first-order valence-electron chi connectivity index (χ1n) is 17.0. The lowest BCUT2D eigenvalue weighted by atomic mass is 9.78. The van der Waals surface area contributed by atoms with E-state index in [2.05, 4.69) is 22.3 Å². The van der Waals surface area contributed by atoms with E-state index in [4.69, 9.17) is 14.5 Å². The molecule has 3 heterocycles. The number of aliphatic imine (C=N–C) groups is 2. The molecule has 1 aromatic carbocycles. The van der Waals surface area contributed by atoms with Crippen LogP contribution in [0.15, 0.2) is 62.7 Å². The third kappa shape index (κ3) is 7.88. The minimum atomic E-state index is -3.20. The molecule has 1 fully saturated rings.